The predicted molar refractivity (Wildman–Crippen MR) is 90.0 cm³/mol. The number of ketones is 2. The number of carbonyl (C=O) groups is 2. The number of hydrogen-bond acceptors (Lipinski definition) is 5. The molecule has 1 aliphatic rings. The van der Waals surface area contributed by atoms with Crippen LogP contribution in [0.4, 0.5) is 0 Å². The van der Waals surface area contributed by atoms with E-state index in [-0.39, 0.29) is 36.6 Å². The molecular weight excluding hydrogens is 296 g/mol. The van der Waals surface area contributed by atoms with Gasteiger partial charge in [-0.2, -0.15) is 0 Å². The maximum Gasteiger partial charge on any atom is 0.167 e. The molecule has 0 aromatic carbocycles. The van der Waals surface area contributed by atoms with Crippen LogP contribution >= 0.6 is 0 Å². The van der Waals surface area contributed by atoms with Gasteiger partial charge in [0.25, 0.3) is 0 Å². The molecule has 2 atom stereocenters. The number of Topliss-reactive ketones (excluding diaryl/α,β-unsaturated/α-hetero) is 1. The van der Waals surface area contributed by atoms with Crippen molar-refractivity contribution in [2.24, 2.45) is 0 Å². The zero-order valence-electron chi connectivity index (χ0n) is 14.4. The third-order valence-electron chi connectivity index (χ3n) is 2.71. The van der Waals surface area contributed by atoms with Gasteiger partial charge in [0, 0.05) is 12.8 Å². The van der Waals surface area contributed by atoms with Crippen LogP contribution in [0.2, 0.25) is 0 Å². The molecule has 2 unspecified atom stereocenters. The Morgan fingerprint density at radius 3 is 1.96 bits per heavy atom. The van der Waals surface area contributed by atoms with E-state index >= 15 is 0 Å². The molecule has 130 valence electrons. The Morgan fingerprint density at radius 2 is 1.61 bits per heavy atom. The highest BCUT2D eigenvalue weighted by molar-refractivity contribution is 5.90. The van der Waals surface area contributed by atoms with Crippen LogP contribution in [-0.2, 0) is 14.3 Å². The highest BCUT2D eigenvalue weighted by Gasteiger charge is 2.43. The molecule has 0 amide bonds. The number of allylic oxidation sites excluding steroid dienone is 3. The molecule has 1 heterocycles. The fraction of sp³-hybridized carbons (Fsp3) is 0.556. The first-order valence-corrected chi connectivity index (χ1v) is 7.47. The molecule has 5 nitrogen and oxygen atoms in total. The van der Waals surface area contributed by atoms with E-state index in [1.165, 1.54) is 12.2 Å². The van der Waals surface area contributed by atoms with Crippen molar-refractivity contribution in [3.63, 3.8) is 0 Å². The van der Waals surface area contributed by atoms with Crippen molar-refractivity contribution in [3.05, 3.63) is 37.5 Å². The third kappa shape index (κ3) is 11.6. The molecule has 1 rings (SSSR count). The monoisotopic (exact) mass is 324 g/mol. The number of aliphatic hydroxyl groups is 2. The van der Waals surface area contributed by atoms with Crippen molar-refractivity contribution in [3.8, 4) is 0 Å². The maximum absolute atomic E-state index is 11.3. The molecule has 1 aliphatic heterocycles. The van der Waals surface area contributed by atoms with Crippen molar-refractivity contribution in [1.82, 2.24) is 0 Å². The Kier molecular flexibility index (Phi) is 8.31. The number of rotatable bonds is 8. The Labute approximate surface area is 138 Å². The Balaban J connectivity index is 0.000000423. The van der Waals surface area contributed by atoms with Crippen molar-refractivity contribution < 1.29 is 24.5 Å². The van der Waals surface area contributed by atoms with Crippen LogP contribution in [0.25, 0.3) is 0 Å². The standard InChI is InChI=1S/C9H14O3.C9H14O2/c1-4-7-8(12-7)6(10)5-9(2,3)11;1-4-5-6-8(10)7-9(2,3)11/h4,7-8,11H,1,5H2,2-3H3;4-6,11H,1,7H2,2-3H3/b;6-5+. The van der Waals surface area contributed by atoms with Gasteiger partial charge in [-0.15, -0.1) is 6.58 Å². The SMILES string of the molecule is C=C/C=C/C(=O)CC(C)(C)O.C=CC1OC1C(=O)CC(C)(C)O. The minimum atomic E-state index is -0.936. The fourth-order valence-corrected chi connectivity index (χ4v) is 1.75. The largest absolute Gasteiger partial charge is 0.390 e. The number of carbonyl (C=O) groups excluding carboxylic acids is 2. The Morgan fingerprint density at radius 1 is 1.09 bits per heavy atom. The van der Waals surface area contributed by atoms with Gasteiger partial charge in [-0.3, -0.25) is 9.59 Å². The van der Waals surface area contributed by atoms with Gasteiger partial charge in [0.05, 0.1) is 11.2 Å². The summed E-state index contributed by atoms with van der Waals surface area (Å²) in [5.74, 6) is -0.134. The summed E-state index contributed by atoms with van der Waals surface area (Å²) in [6.45, 7) is 13.4. The molecule has 1 saturated heterocycles. The highest BCUT2D eigenvalue weighted by atomic mass is 16.6. The summed E-state index contributed by atoms with van der Waals surface area (Å²) in [6, 6.07) is 0. The van der Waals surface area contributed by atoms with Gasteiger partial charge in [0.15, 0.2) is 11.6 Å². The summed E-state index contributed by atoms with van der Waals surface area (Å²) in [4.78, 5) is 22.2. The molecule has 0 spiro atoms. The second-order valence-electron chi connectivity index (χ2n) is 6.76. The van der Waals surface area contributed by atoms with E-state index in [1.807, 2.05) is 0 Å². The quantitative estimate of drug-likeness (QED) is 0.309. The summed E-state index contributed by atoms with van der Waals surface area (Å²) < 4.78 is 5.00. The minimum Gasteiger partial charge on any atom is -0.390 e. The van der Waals surface area contributed by atoms with Crippen LogP contribution < -0.4 is 0 Å². The molecule has 5 heteroatoms. The lowest BCUT2D eigenvalue weighted by Crippen LogP contribution is -2.26. The lowest BCUT2D eigenvalue weighted by atomic mass is 9.99. The zero-order chi connectivity index (χ0) is 18.3. The Bertz CT molecular complexity index is 463. The number of ether oxygens (including phenoxy) is 1. The first kappa shape index (κ1) is 21.4. The Hall–Kier alpha value is -1.56. The molecule has 1 fully saturated rings. The molecular formula is C18H28O5. The normalized spacial score (nSPS) is 20.4. The van der Waals surface area contributed by atoms with Gasteiger partial charge in [0.2, 0.25) is 0 Å². The highest BCUT2D eigenvalue weighted by Crippen LogP contribution is 2.26. The molecule has 0 saturated carbocycles. The summed E-state index contributed by atoms with van der Waals surface area (Å²) in [6.07, 6.45) is 5.92. The third-order valence-corrected chi connectivity index (χ3v) is 2.71. The van der Waals surface area contributed by atoms with Crippen molar-refractivity contribution in [2.75, 3.05) is 0 Å². The number of epoxide rings is 1. The second kappa shape index (κ2) is 8.91. The first-order chi connectivity index (χ1) is 10.4. The predicted octanol–water partition coefficient (Wildman–Crippen LogP) is 2.13. The van der Waals surface area contributed by atoms with Crippen LogP contribution in [-0.4, -0.2) is 45.2 Å². The van der Waals surface area contributed by atoms with Crippen LogP contribution in [0.15, 0.2) is 37.5 Å². The lowest BCUT2D eigenvalue weighted by molar-refractivity contribution is -0.124. The summed E-state index contributed by atoms with van der Waals surface area (Å²) in [5, 5.41) is 18.5. The average molecular weight is 324 g/mol. The molecule has 2 N–H and O–H groups in total. The average Bonchev–Trinajstić information content (AvgIpc) is 3.12. The summed E-state index contributed by atoms with van der Waals surface area (Å²) in [5.41, 5.74) is -1.85. The van der Waals surface area contributed by atoms with E-state index in [9.17, 15) is 19.8 Å². The zero-order valence-corrected chi connectivity index (χ0v) is 14.4. The molecule has 0 aromatic heterocycles. The molecule has 0 radical (unpaired) electrons. The fourth-order valence-electron chi connectivity index (χ4n) is 1.75. The minimum absolute atomic E-state index is 0.0487. The van der Waals surface area contributed by atoms with Crippen LogP contribution in [0.5, 0.6) is 0 Å². The van der Waals surface area contributed by atoms with E-state index < -0.39 is 11.2 Å². The van der Waals surface area contributed by atoms with E-state index in [0.29, 0.717) is 0 Å². The summed E-state index contributed by atoms with van der Waals surface area (Å²) >= 11 is 0. The molecule has 0 bridgehead atoms. The van der Waals surface area contributed by atoms with E-state index in [1.54, 1.807) is 39.8 Å². The van der Waals surface area contributed by atoms with Crippen molar-refractivity contribution in [2.45, 2.75) is 63.9 Å². The smallest absolute Gasteiger partial charge is 0.167 e. The van der Waals surface area contributed by atoms with E-state index in [0.717, 1.165) is 0 Å². The van der Waals surface area contributed by atoms with Crippen LogP contribution in [0, 0.1) is 0 Å². The van der Waals surface area contributed by atoms with Crippen LogP contribution in [0.1, 0.15) is 40.5 Å². The number of hydrogen-bond donors (Lipinski definition) is 2. The second-order valence-corrected chi connectivity index (χ2v) is 6.76. The van der Waals surface area contributed by atoms with Crippen molar-refractivity contribution >= 4 is 11.6 Å². The topological polar surface area (TPSA) is 87.1 Å². The van der Waals surface area contributed by atoms with Crippen LogP contribution in [0.3, 0.4) is 0 Å². The van der Waals surface area contributed by atoms with Gasteiger partial charge in [-0.25, -0.2) is 0 Å². The molecule has 0 aliphatic carbocycles. The molecule has 0 aromatic rings. The van der Waals surface area contributed by atoms with E-state index in [2.05, 4.69) is 13.2 Å². The van der Waals surface area contributed by atoms with Gasteiger partial charge in [-0.05, 0) is 33.8 Å². The first-order valence-electron chi connectivity index (χ1n) is 7.47. The maximum atomic E-state index is 11.3. The molecule has 23 heavy (non-hydrogen) atoms. The lowest BCUT2D eigenvalue weighted by Gasteiger charge is -2.14. The van der Waals surface area contributed by atoms with Gasteiger partial charge in [-0.1, -0.05) is 24.8 Å². The van der Waals surface area contributed by atoms with E-state index in [4.69, 9.17) is 4.74 Å². The van der Waals surface area contributed by atoms with Gasteiger partial charge < -0.3 is 14.9 Å². The van der Waals surface area contributed by atoms with Crippen molar-refractivity contribution in [1.29, 1.82) is 0 Å². The summed E-state index contributed by atoms with van der Waals surface area (Å²) in [7, 11) is 0. The van der Waals surface area contributed by atoms with Gasteiger partial charge in [0.1, 0.15) is 12.2 Å². The van der Waals surface area contributed by atoms with Gasteiger partial charge >= 0.3 is 0 Å².